The maximum absolute atomic E-state index is 12.6. The maximum Gasteiger partial charge on any atom is 0.416 e. The first-order valence-electron chi connectivity index (χ1n) is 4.35. The van der Waals surface area contributed by atoms with Crippen molar-refractivity contribution >= 4 is 37.8 Å². The van der Waals surface area contributed by atoms with Crippen molar-refractivity contribution in [2.45, 2.75) is 11.5 Å². The molecule has 0 radical (unpaired) electrons. The normalized spacial score (nSPS) is 11.4. The minimum absolute atomic E-state index is 0.105. The van der Waals surface area contributed by atoms with Crippen molar-refractivity contribution in [2.24, 2.45) is 0 Å². The van der Waals surface area contributed by atoms with Gasteiger partial charge >= 0.3 is 12.1 Å². The first-order chi connectivity index (χ1) is 7.81. The van der Waals surface area contributed by atoms with E-state index < -0.39 is 17.7 Å². The molecule has 0 aromatic heterocycles. The molecule has 17 heavy (non-hydrogen) atoms. The lowest BCUT2D eigenvalue weighted by Crippen LogP contribution is -2.11. The van der Waals surface area contributed by atoms with Crippen LogP contribution in [0.2, 0.25) is 0 Å². The van der Waals surface area contributed by atoms with Gasteiger partial charge in [0.2, 0.25) is 0 Å². The van der Waals surface area contributed by atoms with Crippen molar-refractivity contribution in [3.8, 4) is 0 Å². The zero-order valence-electron chi connectivity index (χ0n) is 8.57. The van der Waals surface area contributed by atoms with Crippen LogP contribution in [0.5, 0.6) is 0 Å². The van der Waals surface area contributed by atoms with Crippen molar-refractivity contribution in [3.63, 3.8) is 0 Å². The van der Waals surface area contributed by atoms with Gasteiger partial charge in [-0.25, -0.2) is 4.79 Å². The van der Waals surface area contributed by atoms with Crippen molar-refractivity contribution < 1.29 is 22.7 Å². The Balaban J connectivity index is 3.44. The number of alkyl halides is 4. The summed E-state index contributed by atoms with van der Waals surface area (Å²) < 4.78 is 42.4. The molecule has 0 fully saturated rings. The summed E-state index contributed by atoms with van der Waals surface area (Å²) in [6, 6.07) is 1.72. The highest BCUT2D eigenvalue weighted by Crippen LogP contribution is 2.35. The summed E-state index contributed by atoms with van der Waals surface area (Å²) in [4.78, 5) is 11.4. The molecule has 0 atom stereocenters. The second kappa shape index (κ2) is 5.39. The van der Waals surface area contributed by atoms with Crippen LogP contribution >= 0.6 is 31.9 Å². The average molecular weight is 376 g/mol. The summed E-state index contributed by atoms with van der Waals surface area (Å²) in [5, 5.41) is 0.246. The third-order valence-corrected chi connectivity index (χ3v) is 3.33. The first-order valence-corrected chi connectivity index (χ1v) is 6.26. The van der Waals surface area contributed by atoms with Gasteiger partial charge in [-0.2, -0.15) is 13.2 Å². The Hall–Kier alpha value is -0.560. The lowest BCUT2D eigenvalue weighted by atomic mass is 10.0. The molecule has 0 unspecified atom stereocenters. The molecular weight excluding hydrogens is 369 g/mol. The number of carbonyl (C=O) groups is 1. The van der Waals surface area contributed by atoms with Crippen molar-refractivity contribution in [1.82, 2.24) is 0 Å². The highest BCUT2D eigenvalue weighted by molar-refractivity contribution is 9.10. The summed E-state index contributed by atoms with van der Waals surface area (Å²) in [7, 11) is 1.12. The van der Waals surface area contributed by atoms with E-state index in [1.807, 2.05) is 0 Å². The number of ether oxygens (including phenoxy) is 1. The smallest absolute Gasteiger partial charge is 0.416 e. The molecule has 1 rings (SSSR count). The van der Waals surface area contributed by atoms with Crippen molar-refractivity contribution in [3.05, 3.63) is 33.3 Å². The standard InChI is InChI=1S/C10H7Br2F3O2/c1-17-9(16)6-2-5(10(13,14)15)3-8(12)7(6)4-11/h2-3H,4H2,1H3. The Kier molecular flexibility index (Phi) is 4.60. The minimum atomic E-state index is -4.50. The maximum atomic E-state index is 12.6. The zero-order valence-corrected chi connectivity index (χ0v) is 11.7. The Bertz CT molecular complexity index is 444. The van der Waals surface area contributed by atoms with E-state index in [4.69, 9.17) is 0 Å². The fraction of sp³-hybridized carbons (Fsp3) is 0.300. The van der Waals surface area contributed by atoms with E-state index in [9.17, 15) is 18.0 Å². The Labute approximate surface area is 112 Å². The van der Waals surface area contributed by atoms with Crippen LogP contribution in [-0.4, -0.2) is 13.1 Å². The molecule has 0 heterocycles. The van der Waals surface area contributed by atoms with E-state index in [2.05, 4.69) is 36.6 Å². The quantitative estimate of drug-likeness (QED) is 0.573. The molecule has 7 heteroatoms. The van der Waals surface area contributed by atoms with Gasteiger partial charge in [0, 0.05) is 9.80 Å². The fourth-order valence-electron chi connectivity index (χ4n) is 1.23. The highest BCUT2D eigenvalue weighted by atomic mass is 79.9. The summed E-state index contributed by atoms with van der Waals surface area (Å²) in [6.45, 7) is 0. The largest absolute Gasteiger partial charge is 0.465 e. The summed E-state index contributed by atoms with van der Waals surface area (Å²) in [5.74, 6) is -0.800. The lowest BCUT2D eigenvalue weighted by Gasteiger charge is -2.13. The van der Waals surface area contributed by atoms with Crippen LogP contribution in [0.25, 0.3) is 0 Å². The van der Waals surface area contributed by atoms with Crippen LogP contribution < -0.4 is 0 Å². The highest BCUT2D eigenvalue weighted by Gasteiger charge is 2.32. The van der Waals surface area contributed by atoms with Gasteiger partial charge < -0.3 is 4.74 Å². The SMILES string of the molecule is COC(=O)c1cc(C(F)(F)F)cc(Br)c1CBr. The van der Waals surface area contributed by atoms with Gasteiger partial charge in [0.05, 0.1) is 18.2 Å². The Morgan fingerprint density at radius 3 is 2.41 bits per heavy atom. The van der Waals surface area contributed by atoms with Gasteiger partial charge in [0.15, 0.2) is 0 Å². The van der Waals surface area contributed by atoms with Crippen molar-refractivity contribution in [1.29, 1.82) is 0 Å². The van der Waals surface area contributed by atoms with Gasteiger partial charge in [-0.05, 0) is 17.7 Å². The molecule has 1 aromatic carbocycles. The molecule has 0 amide bonds. The predicted molar refractivity (Wildman–Crippen MR) is 63.1 cm³/mol. The van der Waals surface area contributed by atoms with Gasteiger partial charge in [-0.15, -0.1) is 0 Å². The number of halogens is 5. The number of hydrogen-bond acceptors (Lipinski definition) is 2. The molecule has 0 saturated heterocycles. The monoisotopic (exact) mass is 374 g/mol. The van der Waals surface area contributed by atoms with Crippen molar-refractivity contribution in [2.75, 3.05) is 7.11 Å². The fourth-order valence-corrected chi connectivity index (χ4v) is 2.81. The number of hydrogen-bond donors (Lipinski definition) is 0. The topological polar surface area (TPSA) is 26.3 Å². The van der Waals surface area contributed by atoms with E-state index in [1.54, 1.807) is 0 Å². The predicted octanol–water partition coefficient (Wildman–Crippen LogP) is 4.15. The summed E-state index contributed by atoms with van der Waals surface area (Å²) in [6.07, 6.45) is -4.50. The van der Waals surface area contributed by atoms with E-state index in [0.29, 0.717) is 5.56 Å². The second-order valence-electron chi connectivity index (χ2n) is 3.11. The minimum Gasteiger partial charge on any atom is -0.465 e. The first kappa shape index (κ1) is 14.5. The van der Waals surface area contributed by atoms with Gasteiger partial charge in [-0.1, -0.05) is 31.9 Å². The molecular formula is C10H7Br2F3O2. The molecule has 0 aliphatic heterocycles. The average Bonchev–Trinajstić information content (AvgIpc) is 2.25. The van der Waals surface area contributed by atoms with E-state index in [0.717, 1.165) is 19.2 Å². The van der Waals surface area contributed by atoms with Crippen LogP contribution in [0.3, 0.4) is 0 Å². The van der Waals surface area contributed by atoms with Crippen LogP contribution in [0.15, 0.2) is 16.6 Å². The Morgan fingerprint density at radius 1 is 1.41 bits per heavy atom. The molecule has 0 aliphatic carbocycles. The Morgan fingerprint density at radius 2 is 2.00 bits per heavy atom. The zero-order chi connectivity index (χ0) is 13.2. The second-order valence-corrected chi connectivity index (χ2v) is 4.52. The molecule has 94 valence electrons. The number of esters is 1. The molecule has 0 aliphatic rings. The summed E-state index contributed by atoms with van der Waals surface area (Å²) in [5.41, 5.74) is -0.578. The molecule has 2 nitrogen and oxygen atoms in total. The molecule has 0 spiro atoms. The number of methoxy groups -OCH3 is 1. The van der Waals surface area contributed by atoms with Crippen LogP contribution in [-0.2, 0) is 16.2 Å². The third-order valence-electron chi connectivity index (χ3n) is 2.06. The molecule has 0 bridgehead atoms. The van der Waals surface area contributed by atoms with E-state index in [-0.39, 0.29) is 15.4 Å². The van der Waals surface area contributed by atoms with Gasteiger partial charge in [-0.3, -0.25) is 0 Å². The van der Waals surface area contributed by atoms with Gasteiger partial charge in [0.1, 0.15) is 0 Å². The third kappa shape index (κ3) is 3.22. The number of rotatable bonds is 2. The number of carbonyl (C=O) groups excluding carboxylic acids is 1. The van der Waals surface area contributed by atoms with Crippen LogP contribution in [0.1, 0.15) is 21.5 Å². The van der Waals surface area contributed by atoms with E-state index >= 15 is 0 Å². The molecule has 0 saturated carbocycles. The summed E-state index contributed by atoms with van der Waals surface area (Å²) >= 11 is 6.12. The lowest BCUT2D eigenvalue weighted by molar-refractivity contribution is -0.137. The van der Waals surface area contributed by atoms with Gasteiger partial charge in [0.25, 0.3) is 0 Å². The molecule has 0 N–H and O–H groups in total. The van der Waals surface area contributed by atoms with Crippen LogP contribution in [0.4, 0.5) is 13.2 Å². The van der Waals surface area contributed by atoms with Crippen LogP contribution in [0, 0.1) is 0 Å². The van der Waals surface area contributed by atoms with E-state index in [1.165, 1.54) is 0 Å². The number of benzene rings is 1. The molecule has 1 aromatic rings.